The Bertz CT molecular complexity index is 682. The van der Waals surface area contributed by atoms with Crippen molar-refractivity contribution in [3.63, 3.8) is 0 Å². The molecule has 1 fully saturated rings. The lowest BCUT2D eigenvalue weighted by Gasteiger charge is -2.31. The van der Waals surface area contributed by atoms with Gasteiger partial charge >= 0.3 is 0 Å². The van der Waals surface area contributed by atoms with Crippen molar-refractivity contribution in [3.8, 4) is 5.13 Å². The molecular formula is C18H28N6OS. The van der Waals surface area contributed by atoms with Gasteiger partial charge in [0, 0.05) is 38.6 Å². The van der Waals surface area contributed by atoms with E-state index >= 15 is 0 Å². The van der Waals surface area contributed by atoms with Crippen LogP contribution in [0.1, 0.15) is 26.7 Å². The smallest absolute Gasteiger partial charge is 0.224 e. The maximum atomic E-state index is 12.5. The molecule has 0 aliphatic carbocycles. The fourth-order valence-electron chi connectivity index (χ4n) is 3.29. The molecule has 0 radical (unpaired) electrons. The first-order valence-corrected chi connectivity index (χ1v) is 10.2. The molecule has 0 aromatic carbocycles. The summed E-state index contributed by atoms with van der Waals surface area (Å²) in [5.41, 5.74) is 0. The molecule has 1 atom stereocenters. The number of rotatable bonds is 8. The second kappa shape index (κ2) is 9.14. The number of carbonyl (C=O) groups excluding carboxylic acids is 1. The van der Waals surface area contributed by atoms with Crippen LogP contribution in [0, 0.1) is 5.92 Å². The molecule has 8 heteroatoms. The predicted octanol–water partition coefficient (Wildman–Crippen LogP) is 2.00. The summed E-state index contributed by atoms with van der Waals surface area (Å²) in [5.74, 6) is 0.191. The number of hydrogen-bond donors (Lipinski definition) is 1. The maximum absolute atomic E-state index is 12.5. The molecule has 3 rings (SSSR count). The lowest BCUT2D eigenvalue weighted by molar-refractivity contribution is -0.125. The standard InChI is InChI=1S/C18H28N6OS/c1-3-22(4-2)13-9-19-16(25)15-8-7-12-24(14-15)18-21-20-17(26-18)23-10-5-6-11-23/h5-6,10-11,15H,3-4,7-9,12-14H2,1-2H3,(H,19,25)/t15-/m1/s1. The zero-order chi connectivity index (χ0) is 18.4. The number of nitrogens with zero attached hydrogens (tertiary/aromatic N) is 5. The molecule has 3 heterocycles. The van der Waals surface area contributed by atoms with Gasteiger partial charge in [0.2, 0.25) is 16.2 Å². The molecule has 0 bridgehead atoms. The highest BCUT2D eigenvalue weighted by molar-refractivity contribution is 7.17. The average molecular weight is 377 g/mol. The molecule has 1 saturated heterocycles. The number of aromatic nitrogens is 3. The highest BCUT2D eigenvalue weighted by atomic mass is 32.1. The molecule has 26 heavy (non-hydrogen) atoms. The van der Waals surface area contributed by atoms with E-state index in [9.17, 15) is 4.79 Å². The van der Waals surface area contributed by atoms with E-state index in [0.29, 0.717) is 6.54 Å². The summed E-state index contributed by atoms with van der Waals surface area (Å²) in [6.07, 6.45) is 5.88. The van der Waals surface area contributed by atoms with E-state index in [1.54, 1.807) is 11.3 Å². The minimum atomic E-state index is 0.0272. The SMILES string of the molecule is CCN(CC)CCNC(=O)[C@@H]1CCCN(c2nnc(-n3cccc3)s2)C1. The Kier molecular flexibility index (Phi) is 6.62. The molecule has 0 saturated carbocycles. The molecule has 2 aromatic rings. The Morgan fingerprint density at radius 2 is 2.00 bits per heavy atom. The largest absolute Gasteiger partial charge is 0.355 e. The number of piperidine rings is 1. The van der Waals surface area contributed by atoms with Crippen molar-refractivity contribution in [2.75, 3.05) is 44.2 Å². The highest BCUT2D eigenvalue weighted by Crippen LogP contribution is 2.27. The summed E-state index contributed by atoms with van der Waals surface area (Å²) in [7, 11) is 0. The van der Waals surface area contributed by atoms with Crippen LogP contribution in [0.2, 0.25) is 0 Å². The van der Waals surface area contributed by atoms with Gasteiger partial charge in [-0.15, -0.1) is 10.2 Å². The van der Waals surface area contributed by atoms with Crippen molar-refractivity contribution in [1.82, 2.24) is 25.0 Å². The lowest BCUT2D eigenvalue weighted by Crippen LogP contribution is -2.44. The van der Waals surface area contributed by atoms with Gasteiger partial charge in [-0.2, -0.15) is 0 Å². The van der Waals surface area contributed by atoms with Crippen LogP contribution in [0.5, 0.6) is 0 Å². The van der Waals surface area contributed by atoms with Crippen molar-refractivity contribution in [2.24, 2.45) is 5.92 Å². The predicted molar refractivity (Wildman–Crippen MR) is 105 cm³/mol. The summed E-state index contributed by atoms with van der Waals surface area (Å²) in [6, 6.07) is 3.95. The molecule has 0 spiro atoms. The van der Waals surface area contributed by atoms with Gasteiger partial charge in [0.05, 0.1) is 5.92 Å². The van der Waals surface area contributed by atoms with Crippen LogP contribution in [0.25, 0.3) is 5.13 Å². The number of likely N-dealkylation sites (N-methyl/N-ethyl adjacent to an activating group) is 1. The quantitative estimate of drug-likeness (QED) is 0.763. The van der Waals surface area contributed by atoms with Gasteiger partial charge in [0.25, 0.3) is 0 Å². The summed E-state index contributed by atoms with van der Waals surface area (Å²) in [4.78, 5) is 17.0. The lowest BCUT2D eigenvalue weighted by atomic mass is 9.97. The van der Waals surface area contributed by atoms with E-state index < -0.39 is 0 Å². The van der Waals surface area contributed by atoms with Crippen molar-refractivity contribution in [2.45, 2.75) is 26.7 Å². The second-order valence-electron chi connectivity index (χ2n) is 6.56. The third kappa shape index (κ3) is 4.62. The number of amides is 1. The third-order valence-corrected chi connectivity index (χ3v) is 5.91. The van der Waals surface area contributed by atoms with Gasteiger partial charge in [-0.25, -0.2) is 0 Å². The summed E-state index contributed by atoms with van der Waals surface area (Å²) >= 11 is 1.57. The topological polar surface area (TPSA) is 66.3 Å². The molecule has 142 valence electrons. The first-order chi connectivity index (χ1) is 12.7. The number of nitrogens with one attached hydrogen (secondary N) is 1. The minimum Gasteiger partial charge on any atom is -0.355 e. The molecule has 0 unspecified atom stereocenters. The van der Waals surface area contributed by atoms with Gasteiger partial charge in [-0.05, 0) is 38.1 Å². The Labute approximate surface area is 159 Å². The maximum Gasteiger partial charge on any atom is 0.224 e. The van der Waals surface area contributed by atoms with Crippen LogP contribution >= 0.6 is 11.3 Å². The van der Waals surface area contributed by atoms with E-state index in [-0.39, 0.29) is 11.8 Å². The van der Waals surface area contributed by atoms with E-state index in [2.05, 4.69) is 39.2 Å². The van der Waals surface area contributed by atoms with Gasteiger partial charge in [0.15, 0.2) is 0 Å². The van der Waals surface area contributed by atoms with Crippen LogP contribution in [-0.2, 0) is 4.79 Å². The third-order valence-electron chi connectivity index (χ3n) is 4.91. The zero-order valence-electron chi connectivity index (χ0n) is 15.6. The van der Waals surface area contributed by atoms with Crippen molar-refractivity contribution in [1.29, 1.82) is 0 Å². The Morgan fingerprint density at radius 3 is 2.73 bits per heavy atom. The normalized spacial score (nSPS) is 17.7. The number of anilines is 1. The van der Waals surface area contributed by atoms with Gasteiger partial charge in [0.1, 0.15) is 0 Å². The molecule has 1 N–H and O–H groups in total. The Hall–Kier alpha value is -1.93. The molecule has 1 aliphatic heterocycles. The van der Waals surface area contributed by atoms with Crippen LogP contribution in [0.3, 0.4) is 0 Å². The summed E-state index contributed by atoms with van der Waals surface area (Å²) in [5, 5.41) is 13.5. The zero-order valence-corrected chi connectivity index (χ0v) is 16.4. The number of carbonyl (C=O) groups is 1. The van der Waals surface area contributed by atoms with Crippen molar-refractivity contribution in [3.05, 3.63) is 24.5 Å². The van der Waals surface area contributed by atoms with Crippen LogP contribution in [0.4, 0.5) is 5.13 Å². The number of hydrogen-bond acceptors (Lipinski definition) is 6. The Morgan fingerprint density at radius 1 is 1.27 bits per heavy atom. The molecular weight excluding hydrogens is 348 g/mol. The van der Waals surface area contributed by atoms with E-state index in [1.807, 2.05) is 29.1 Å². The van der Waals surface area contributed by atoms with Crippen LogP contribution in [-0.4, -0.2) is 64.8 Å². The first kappa shape index (κ1) is 18.8. The van der Waals surface area contributed by atoms with Crippen LogP contribution < -0.4 is 10.2 Å². The van der Waals surface area contributed by atoms with Gasteiger partial charge in [-0.3, -0.25) is 9.36 Å². The monoisotopic (exact) mass is 376 g/mol. The average Bonchev–Trinajstić information content (AvgIpc) is 3.36. The molecule has 1 aliphatic rings. The summed E-state index contributed by atoms with van der Waals surface area (Å²) in [6.45, 7) is 9.61. The van der Waals surface area contributed by atoms with Gasteiger partial charge in [-0.1, -0.05) is 25.2 Å². The fraction of sp³-hybridized carbons (Fsp3) is 0.611. The molecule has 2 aromatic heterocycles. The van der Waals surface area contributed by atoms with E-state index in [4.69, 9.17) is 0 Å². The molecule has 1 amide bonds. The van der Waals surface area contributed by atoms with Crippen molar-refractivity contribution >= 4 is 22.4 Å². The van der Waals surface area contributed by atoms with Crippen molar-refractivity contribution < 1.29 is 4.79 Å². The Balaban J connectivity index is 1.53. The van der Waals surface area contributed by atoms with E-state index in [1.165, 1.54) is 0 Å². The van der Waals surface area contributed by atoms with E-state index in [0.717, 1.165) is 55.8 Å². The first-order valence-electron chi connectivity index (χ1n) is 9.43. The summed E-state index contributed by atoms with van der Waals surface area (Å²) < 4.78 is 1.96. The fourth-order valence-corrected chi connectivity index (χ4v) is 4.14. The minimum absolute atomic E-state index is 0.0272. The highest BCUT2D eigenvalue weighted by Gasteiger charge is 2.27. The second-order valence-corrected chi connectivity index (χ2v) is 7.50. The molecule has 7 nitrogen and oxygen atoms in total. The van der Waals surface area contributed by atoms with Crippen LogP contribution in [0.15, 0.2) is 24.5 Å². The van der Waals surface area contributed by atoms with Gasteiger partial charge < -0.3 is 15.1 Å².